The van der Waals surface area contributed by atoms with Gasteiger partial charge in [0.25, 0.3) is 0 Å². The van der Waals surface area contributed by atoms with Gasteiger partial charge in [0.05, 0.1) is 5.69 Å². The van der Waals surface area contributed by atoms with Crippen molar-refractivity contribution in [3.8, 4) is 11.3 Å². The molecule has 30 heavy (non-hydrogen) atoms. The van der Waals surface area contributed by atoms with E-state index in [1.54, 1.807) is 19.3 Å². The zero-order chi connectivity index (χ0) is 21.7. The van der Waals surface area contributed by atoms with Crippen LogP contribution in [-0.4, -0.2) is 35.3 Å². The zero-order valence-corrected chi connectivity index (χ0v) is 17.8. The highest BCUT2D eigenvalue weighted by Gasteiger charge is 2.26. The fourth-order valence-electron chi connectivity index (χ4n) is 3.18. The Morgan fingerprint density at radius 3 is 2.70 bits per heavy atom. The number of nitrogens with zero attached hydrogens (tertiary/aromatic N) is 4. The van der Waals surface area contributed by atoms with Crippen LogP contribution in [0.5, 0.6) is 0 Å². The second-order valence-corrected chi connectivity index (χ2v) is 7.89. The maximum atomic E-state index is 13.8. The molecule has 3 rings (SSSR count). The largest absolute Gasteiger partial charge is 0.384 e. The molecule has 0 saturated carbocycles. The first-order valence-corrected chi connectivity index (χ1v) is 9.80. The average molecular weight is 407 g/mol. The van der Waals surface area contributed by atoms with Gasteiger partial charge in [0, 0.05) is 48.5 Å². The van der Waals surface area contributed by atoms with E-state index >= 15 is 0 Å². The maximum absolute atomic E-state index is 13.8. The Morgan fingerprint density at radius 2 is 2.03 bits per heavy atom. The molecule has 7 heteroatoms. The molecule has 1 aromatic heterocycles. The van der Waals surface area contributed by atoms with Gasteiger partial charge in [0.15, 0.2) is 0 Å². The molecule has 0 unspecified atom stereocenters. The Labute approximate surface area is 176 Å². The Morgan fingerprint density at radius 1 is 1.23 bits per heavy atom. The molecule has 1 aliphatic heterocycles. The molecule has 0 amide bonds. The van der Waals surface area contributed by atoms with Gasteiger partial charge in [-0.05, 0) is 42.8 Å². The lowest BCUT2D eigenvalue weighted by atomic mass is 9.85. The number of hydrogen-bond acceptors (Lipinski definition) is 5. The number of hydrogen-bond donors (Lipinski definition) is 2. The van der Waals surface area contributed by atoms with Gasteiger partial charge in [-0.3, -0.25) is 9.98 Å². The lowest BCUT2D eigenvalue weighted by Crippen LogP contribution is -2.32. The fourth-order valence-corrected chi connectivity index (χ4v) is 3.18. The highest BCUT2D eigenvalue weighted by atomic mass is 19.1. The third-order valence-electron chi connectivity index (χ3n) is 5.13. The maximum Gasteiger partial charge on any atom is 0.148 e. The molecule has 2 heterocycles. The van der Waals surface area contributed by atoms with Crippen LogP contribution in [0.1, 0.15) is 31.4 Å². The number of nitrogens with one attached hydrogen (secondary N) is 1. The molecular weight excluding hydrogens is 379 g/mol. The van der Waals surface area contributed by atoms with Gasteiger partial charge in [-0.1, -0.05) is 26.0 Å². The van der Waals surface area contributed by atoms with Crippen LogP contribution in [0.15, 0.2) is 64.5 Å². The minimum absolute atomic E-state index is 0.187. The van der Waals surface area contributed by atoms with Crippen molar-refractivity contribution in [2.24, 2.45) is 21.1 Å². The van der Waals surface area contributed by atoms with Crippen LogP contribution in [0.25, 0.3) is 11.3 Å². The summed E-state index contributed by atoms with van der Waals surface area (Å²) in [4.78, 5) is 8.43. The van der Waals surface area contributed by atoms with Gasteiger partial charge in [-0.15, -0.1) is 10.2 Å². The van der Waals surface area contributed by atoms with Crippen LogP contribution in [0.3, 0.4) is 0 Å². The molecule has 6 nitrogen and oxygen atoms in total. The molecule has 156 valence electrons. The lowest BCUT2D eigenvalue weighted by molar-refractivity contribution is 0.533. The summed E-state index contributed by atoms with van der Waals surface area (Å²) in [6.07, 6.45) is 4.91. The van der Waals surface area contributed by atoms with Crippen molar-refractivity contribution in [2.75, 3.05) is 18.9 Å². The third kappa shape index (κ3) is 4.97. The van der Waals surface area contributed by atoms with Crippen LogP contribution < -0.4 is 11.1 Å². The summed E-state index contributed by atoms with van der Waals surface area (Å²) in [5.74, 6) is 0.979. The molecule has 0 bridgehead atoms. The van der Waals surface area contributed by atoms with Gasteiger partial charge < -0.3 is 11.1 Å². The Hall–Kier alpha value is -3.35. The molecule has 0 spiro atoms. The van der Waals surface area contributed by atoms with E-state index in [9.17, 15) is 4.39 Å². The minimum atomic E-state index is -0.339. The Kier molecular flexibility index (Phi) is 6.40. The number of aryl methyl sites for hydroxylation is 1. The van der Waals surface area contributed by atoms with Gasteiger partial charge in [-0.25, -0.2) is 4.39 Å². The zero-order valence-electron chi connectivity index (χ0n) is 17.8. The van der Waals surface area contributed by atoms with Crippen molar-refractivity contribution in [1.82, 2.24) is 10.2 Å². The summed E-state index contributed by atoms with van der Waals surface area (Å²) in [6, 6.07) is 9.73. The van der Waals surface area contributed by atoms with Crippen LogP contribution in [0.4, 0.5) is 10.2 Å². The number of nitrogens with two attached hydrogens (primary N) is 1. The van der Waals surface area contributed by atoms with E-state index < -0.39 is 0 Å². The number of anilines is 1. The number of aromatic nitrogens is 2. The molecule has 0 radical (unpaired) electrons. The normalized spacial score (nSPS) is 14.8. The van der Waals surface area contributed by atoms with Crippen molar-refractivity contribution < 1.29 is 4.39 Å². The van der Waals surface area contributed by atoms with E-state index in [1.807, 2.05) is 51.1 Å². The van der Waals surface area contributed by atoms with E-state index in [-0.39, 0.29) is 17.7 Å². The molecule has 3 N–H and O–H groups in total. The molecule has 0 aliphatic carbocycles. The minimum Gasteiger partial charge on any atom is -0.384 e. The highest BCUT2D eigenvalue weighted by molar-refractivity contribution is 5.99. The monoisotopic (exact) mass is 406 g/mol. The predicted molar refractivity (Wildman–Crippen MR) is 122 cm³/mol. The van der Waals surface area contributed by atoms with Gasteiger partial charge >= 0.3 is 0 Å². The van der Waals surface area contributed by atoms with Crippen molar-refractivity contribution in [3.63, 3.8) is 0 Å². The van der Waals surface area contributed by atoms with Crippen molar-refractivity contribution >= 4 is 17.4 Å². The van der Waals surface area contributed by atoms with E-state index in [4.69, 9.17) is 5.73 Å². The van der Waals surface area contributed by atoms with E-state index in [1.165, 1.54) is 6.08 Å². The first-order valence-electron chi connectivity index (χ1n) is 9.80. The second kappa shape index (κ2) is 8.98. The molecular formula is C23H27FN6. The summed E-state index contributed by atoms with van der Waals surface area (Å²) < 4.78 is 13.8. The van der Waals surface area contributed by atoms with Crippen LogP contribution >= 0.6 is 0 Å². The Balaban J connectivity index is 1.69. The van der Waals surface area contributed by atoms with Gasteiger partial charge in [0.1, 0.15) is 17.5 Å². The van der Waals surface area contributed by atoms with Crippen LogP contribution in [0.2, 0.25) is 0 Å². The summed E-state index contributed by atoms with van der Waals surface area (Å²) in [5, 5.41) is 11.9. The fraction of sp³-hybridized carbons (Fsp3) is 0.304. The van der Waals surface area contributed by atoms with E-state index in [2.05, 4.69) is 25.5 Å². The van der Waals surface area contributed by atoms with Gasteiger partial charge in [0.2, 0.25) is 0 Å². The number of rotatable bonds is 6. The standard InChI is InChI=1S/C23H27FN6/c1-15-12-16(7-8-18(15)22(25)26-4)19-9-10-21(30-29-19)28-14-23(2,3)20-13-17(24)6-5-11-27-20/h5-12H,13-14H2,1-4H3,(H2,25,26)(H,28,30). The molecule has 0 fully saturated rings. The summed E-state index contributed by atoms with van der Waals surface area (Å²) in [6.45, 7) is 6.61. The number of benzene rings is 1. The third-order valence-corrected chi connectivity index (χ3v) is 5.13. The van der Waals surface area contributed by atoms with Crippen LogP contribution in [0, 0.1) is 12.3 Å². The summed E-state index contributed by atoms with van der Waals surface area (Å²) >= 11 is 0. The van der Waals surface area contributed by atoms with Crippen LogP contribution in [-0.2, 0) is 0 Å². The average Bonchev–Trinajstić information content (AvgIpc) is 2.97. The predicted octanol–water partition coefficient (Wildman–Crippen LogP) is 4.44. The number of allylic oxidation sites excluding steroid dienone is 3. The number of aliphatic imine (C=N–C) groups is 2. The number of halogens is 1. The second-order valence-electron chi connectivity index (χ2n) is 7.89. The summed E-state index contributed by atoms with van der Waals surface area (Å²) in [5.41, 5.74) is 10.0. The Bertz CT molecular complexity index is 1030. The molecule has 1 aliphatic rings. The first kappa shape index (κ1) is 21.4. The van der Waals surface area contributed by atoms with Crippen molar-refractivity contribution in [3.05, 3.63) is 65.6 Å². The molecule has 0 saturated heterocycles. The smallest absolute Gasteiger partial charge is 0.148 e. The van der Waals surface area contributed by atoms with Gasteiger partial charge in [-0.2, -0.15) is 0 Å². The van der Waals surface area contributed by atoms with E-state index in [0.717, 1.165) is 28.1 Å². The summed E-state index contributed by atoms with van der Waals surface area (Å²) in [7, 11) is 1.67. The topological polar surface area (TPSA) is 88.5 Å². The SMILES string of the molecule is CN=C(N)c1ccc(-c2ccc(NCC(C)(C)C3=NC=CC=C(F)C3)nn2)cc1C. The lowest BCUT2D eigenvalue weighted by Gasteiger charge is -2.26. The molecule has 2 aromatic rings. The van der Waals surface area contributed by atoms with Crippen molar-refractivity contribution in [1.29, 1.82) is 0 Å². The number of amidine groups is 1. The molecule has 1 aromatic carbocycles. The van der Waals surface area contributed by atoms with Crippen molar-refractivity contribution in [2.45, 2.75) is 27.2 Å². The first-order chi connectivity index (χ1) is 14.3. The molecule has 0 atom stereocenters. The quantitative estimate of drug-likeness (QED) is 0.548. The highest BCUT2D eigenvalue weighted by Crippen LogP contribution is 2.26. The van der Waals surface area contributed by atoms with E-state index in [0.29, 0.717) is 18.2 Å².